The lowest BCUT2D eigenvalue weighted by atomic mass is 10.0. The molecule has 0 heterocycles. The smallest absolute Gasteiger partial charge is 0.118 e. The molecule has 0 aromatic heterocycles. The molecule has 0 saturated heterocycles. The molecule has 2 rings (SSSR count). The van der Waals surface area contributed by atoms with Crippen LogP contribution in [0.4, 0.5) is 0 Å². The first-order chi connectivity index (χ1) is 7.70. The van der Waals surface area contributed by atoms with Gasteiger partial charge in [-0.3, -0.25) is 0 Å². The molecule has 0 unspecified atom stereocenters. The number of benzene rings is 2. The Bertz CT molecular complexity index is 489. The van der Waals surface area contributed by atoms with Gasteiger partial charge in [0.15, 0.2) is 0 Å². The molecule has 1 nitrogen and oxygen atoms in total. The number of ether oxygens (including phenoxy) is 1. The number of hydrogen-bond donors (Lipinski definition) is 1. The molecule has 2 heteroatoms. The summed E-state index contributed by atoms with van der Waals surface area (Å²) < 4.78 is 5.14. The van der Waals surface area contributed by atoms with Gasteiger partial charge >= 0.3 is 0 Å². The highest BCUT2D eigenvalue weighted by atomic mass is 32.1. The quantitative estimate of drug-likeness (QED) is 0.768. The Labute approximate surface area is 101 Å². The molecule has 0 saturated carbocycles. The largest absolute Gasteiger partial charge is 0.497 e. The Hall–Kier alpha value is -1.41. The number of aryl methyl sites for hydroxylation is 1. The third kappa shape index (κ3) is 2.22. The zero-order valence-corrected chi connectivity index (χ0v) is 10.3. The lowest BCUT2D eigenvalue weighted by molar-refractivity contribution is 0.415. The third-order valence-electron chi connectivity index (χ3n) is 2.61. The van der Waals surface area contributed by atoms with Gasteiger partial charge in [0, 0.05) is 4.90 Å². The zero-order valence-electron chi connectivity index (χ0n) is 9.40. The lowest BCUT2D eigenvalue weighted by Crippen LogP contribution is -1.85. The van der Waals surface area contributed by atoms with Crippen molar-refractivity contribution in [1.82, 2.24) is 0 Å². The normalized spacial score (nSPS) is 10.2. The van der Waals surface area contributed by atoms with Crippen molar-refractivity contribution < 1.29 is 4.74 Å². The Kier molecular flexibility index (Phi) is 3.20. The minimum absolute atomic E-state index is 0.882. The molecule has 0 amide bonds. The molecule has 0 radical (unpaired) electrons. The first-order valence-electron chi connectivity index (χ1n) is 5.15. The van der Waals surface area contributed by atoms with Gasteiger partial charge in [-0.15, -0.1) is 12.6 Å². The lowest BCUT2D eigenvalue weighted by Gasteiger charge is -2.07. The maximum Gasteiger partial charge on any atom is 0.118 e. The first-order valence-corrected chi connectivity index (χ1v) is 5.59. The number of methoxy groups -OCH3 is 1. The van der Waals surface area contributed by atoms with Crippen molar-refractivity contribution in [3.8, 4) is 16.9 Å². The van der Waals surface area contributed by atoms with Crippen LogP contribution < -0.4 is 4.74 Å². The van der Waals surface area contributed by atoms with Crippen molar-refractivity contribution >= 4 is 12.6 Å². The van der Waals surface area contributed by atoms with E-state index in [0.717, 1.165) is 10.6 Å². The molecule has 2 aromatic carbocycles. The van der Waals surface area contributed by atoms with Crippen LogP contribution in [0, 0.1) is 6.92 Å². The van der Waals surface area contributed by atoms with Crippen LogP contribution in [0.25, 0.3) is 11.1 Å². The average molecular weight is 230 g/mol. The summed E-state index contributed by atoms with van der Waals surface area (Å²) in [4.78, 5) is 0.995. The van der Waals surface area contributed by atoms with Gasteiger partial charge in [-0.25, -0.2) is 0 Å². The predicted octanol–water partition coefficient (Wildman–Crippen LogP) is 3.96. The van der Waals surface area contributed by atoms with E-state index in [1.165, 1.54) is 16.7 Å². The summed E-state index contributed by atoms with van der Waals surface area (Å²) >= 11 is 4.33. The van der Waals surface area contributed by atoms with E-state index in [-0.39, 0.29) is 0 Å². The Morgan fingerprint density at radius 2 is 1.69 bits per heavy atom. The maximum atomic E-state index is 5.14. The molecule has 0 bridgehead atoms. The molecule has 0 aliphatic rings. The standard InChI is InChI=1S/C14H14OS/c1-10-9-13(16)7-8-14(10)11-3-5-12(15-2)6-4-11/h3-9,16H,1-2H3. The highest BCUT2D eigenvalue weighted by molar-refractivity contribution is 7.80. The number of thiol groups is 1. The molecule has 16 heavy (non-hydrogen) atoms. The van der Waals surface area contributed by atoms with Gasteiger partial charge in [-0.2, -0.15) is 0 Å². The second-order valence-electron chi connectivity index (χ2n) is 3.73. The van der Waals surface area contributed by atoms with E-state index in [1.54, 1.807) is 7.11 Å². The van der Waals surface area contributed by atoms with Crippen LogP contribution in [0.3, 0.4) is 0 Å². The number of hydrogen-bond acceptors (Lipinski definition) is 2. The summed E-state index contributed by atoms with van der Waals surface area (Å²) in [7, 11) is 1.68. The molecular weight excluding hydrogens is 216 g/mol. The van der Waals surface area contributed by atoms with Gasteiger partial charge in [0.05, 0.1) is 7.11 Å². The first kappa shape index (κ1) is 11.1. The van der Waals surface area contributed by atoms with Crippen LogP contribution in [0.2, 0.25) is 0 Å². The van der Waals surface area contributed by atoms with Crippen LogP contribution in [-0.4, -0.2) is 7.11 Å². The molecule has 0 spiro atoms. The maximum absolute atomic E-state index is 5.14. The fourth-order valence-corrected chi connectivity index (χ4v) is 2.01. The van der Waals surface area contributed by atoms with Gasteiger partial charge in [0.25, 0.3) is 0 Å². The van der Waals surface area contributed by atoms with Crippen molar-refractivity contribution in [2.75, 3.05) is 7.11 Å². The van der Waals surface area contributed by atoms with E-state index in [2.05, 4.69) is 43.8 Å². The second-order valence-corrected chi connectivity index (χ2v) is 4.24. The monoisotopic (exact) mass is 230 g/mol. The van der Waals surface area contributed by atoms with Gasteiger partial charge in [0.2, 0.25) is 0 Å². The fraction of sp³-hybridized carbons (Fsp3) is 0.143. The Morgan fingerprint density at radius 1 is 1.00 bits per heavy atom. The van der Waals surface area contributed by atoms with Crippen LogP contribution in [-0.2, 0) is 0 Å². The fourth-order valence-electron chi connectivity index (χ4n) is 1.74. The van der Waals surface area contributed by atoms with Crippen molar-refractivity contribution in [2.45, 2.75) is 11.8 Å². The molecule has 0 N–H and O–H groups in total. The summed E-state index contributed by atoms with van der Waals surface area (Å²) in [6.07, 6.45) is 0. The van der Waals surface area contributed by atoms with E-state index >= 15 is 0 Å². The highest BCUT2D eigenvalue weighted by Gasteiger charge is 2.02. The molecule has 82 valence electrons. The molecule has 2 aromatic rings. The molecule has 0 aliphatic carbocycles. The highest BCUT2D eigenvalue weighted by Crippen LogP contribution is 2.26. The predicted molar refractivity (Wildman–Crippen MR) is 70.4 cm³/mol. The summed E-state index contributed by atoms with van der Waals surface area (Å²) in [5.74, 6) is 0.882. The van der Waals surface area contributed by atoms with Crippen LogP contribution >= 0.6 is 12.6 Å². The summed E-state index contributed by atoms with van der Waals surface area (Å²) in [6, 6.07) is 14.3. The van der Waals surface area contributed by atoms with Crippen LogP contribution in [0.1, 0.15) is 5.56 Å². The molecule has 0 fully saturated rings. The van der Waals surface area contributed by atoms with E-state index in [4.69, 9.17) is 4.74 Å². The second kappa shape index (κ2) is 4.62. The minimum atomic E-state index is 0.882. The van der Waals surface area contributed by atoms with Crippen LogP contribution in [0.15, 0.2) is 47.4 Å². The van der Waals surface area contributed by atoms with Crippen LogP contribution in [0.5, 0.6) is 5.75 Å². The van der Waals surface area contributed by atoms with E-state index in [0.29, 0.717) is 0 Å². The van der Waals surface area contributed by atoms with Gasteiger partial charge in [-0.05, 0) is 47.9 Å². The van der Waals surface area contributed by atoms with Gasteiger partial charge in [0.1, 0.15) is 5.75 Å². The average Bonchev–Trinajstić information content (AvgIpc) is 2.29. The van der Waals surface area contributed by atoms with Gasteiger partial charge < -0.3 is 4.74 Å². The summed E-state index contributed by atoms with van der Waals surface area (Å²) in [5, 5.41) is 0. The van der Waals surface area contributed by atoms with Gasteiger partial charge in [-0.1, -0.05) is 18.2 Å². The number of rotatable bonds is 2. The zero-order chi connectivity index (χ0) is 11.5. The third-order valence-corrected chi connectivity index (χ3v) is 2.89. The topological polar surface area (TPSA) is 9.23 Å². The van der Waals surface area contributed by atoms with Crippen molar-refractivity contribution in [3.05, 3.63) is 48.0 Å². The van der Waals surface area contributed by atoms with E-state index in [9.17, 15) is 0 Å². The molecular formula is C14H14OS. The Morgan fingerprint density at radius 3 is 2.25 bits per heavy atom. The molecule has 0 aliphatic heterocycles. The van der Waals surface area contributed by atoms with E-state index < -0.39 is 0 Å². The van der Waals surface area contributed by atoms with E-state index in [1.807, 2.05) is 18.2 Å². The Balaban J connectivity index is 2.42. The SMILES string of the molecule is COc1ccc(-c2ccc(S)cc2C)cc1. The van der Waals surface area contributed by atoms with Crippen molar-refractivity contribution in [2.24, 2.45) is 0 Å². The van der Waals surface area contributed by atoms with Crippen molar-refractivity contribution in [3.63, 3.8) is 0 Å². The van der Waals surface area contributed by atoms with Crippen molar-refractivity contribution in [1.29, 1.82) is 0 Å². The summed E-state index contributed by atoms with van der Waals surface area (Å²) in [6.45, 7) is 2.10. The molecule has 0 atom stereocenters. The minimum Gasteiger partial charge on any atom is -0.497 e. The summed E-state index contributed by atoms with van der Waals surface area (Å²) in [5.41, 5.74) is 3.67.